The zero-order chi connectivity index (χ0) is 12.7. The van der Waals surface area contributed by atoms with Crippen molar-refractivity contribution in [3.8, 4) is 0 Å². The highest BCUT2D eigenvalue weighted by atomic mass is 16.5. The average molecular weight is 237 g/mol. The van der Waals surface area contributed by atoms with Crippen LogP contribution in [0.15, 0.2) is 4.52 Å². The van der Waals surface area contributed by atoms with Crippen LogP contribution in [-0.4, -0.2) is 23.1 Å². The van der Waals surface area contributed by atoms with Gasteiger partial charge in [-0.15, -0.1) is 0 Å². The first-order valence-electron chi connectivity index (χ1n) is 5.50. The highest BCUT2D eigenvalue weighted by Gasteiger charge is 2.42. The van der Waals surface area contributed by atoms with Crippen molar-refractivity contribution in [2.24, 2.45) is 5.92 Å². The number of carbonyl (C=O) groups is 2. The molecule has 0 bridgehead atoms. The molecule has 1 N–H and O–H groups in total. The van der Waals surface area contributed by atoms with E-state index < -0.39 is 12.1 Å². The van der Waals surface area contributed by atoms with E-state index in [1.165, 1.54) is 0 Å². The maximum Gasteiger partial charge on any atom is 0.329 e. The minimum absolute atomic E-state index is 0.0527. The molecule has 0 spiro atoms. The summed E-state index contributed by atoms with van der Waals surface area (Å²) in [6.07, 6.45) is 0. The number of imide groups is 1. The molecule has 17 heavy (non-hydrogen) atoms. The van der Waals surface area contributed by atoms with Crippen LogP contribution in [0.2, 0.25) is 0 Å². The molecule has 6 nitrogen and oxygen atoms in total. The van der Waals surface area contributed by atoms with Crippen LogP contribution in [0.1, 0.15) is 25.3 Å². The lowest BCUT2D eigenvalue weighted by Gasteiger charge is -2.13. The Kier molecular flexibility index (Phi) is 2.65. The molecule has 1 saturated heterocycles. The zero-order valence-electron chi connectivity index (χ0n) is 10.3. The van der Waals surface area contributed by atoms with Gasteiger partial charge in [0, 0.05) is 0 Å². The lowest BCUT2D eigenvalue weighted by molar-refractivity contribution is -0.119. The fraction of sp³-hybridized carbons (Fsp3) is 0.545. The molecule has 1 aromatic rings. The minimum Gasteiger partial charge on any atom is -0.359 e. The van der Waals surface area contributed by atoms with Crippen LogP contribution < -0.4 is 10.2 Å². The fourth-order valence-corrected chi connectivity index (χ4v) is 1.96. The van der Waals surface area contributed by atoms with Crippen molar-refractivity contribution in [1.29, 1.82) is 0 Å². The summed E-state index contributed by atoms with van der Waals surface area (Å²) in [5.41, 5.74) is 0.992. The number of urea groups is 1. The topological polar surface area (TPSA) is 75.4 Å². The number of aromatic nitrogens is 1. The second kappa shape index (κ2) is 3.87. The first-order valence-corrected chi connectivity index (χ1v) is 5.50. The van der Waals surface area contributed by atoms with E-state index in [2.05, 4.69) is 10.5 Å². The third-order valence-corrected chi connectivity index (χ3v) is 2.85. The monoisotopic (exact) mass is 237 g/mol. The highest BCUT2D eigenvalue weighted by Crippen LogP contribution is 2.28. The zero-order valence-corrected chi connectivity index (χ0v) is 10.3. The molecule has 1 unspecified atom stereocenters. The summed E-state index contributed by atoms with van der Waals surface area (Å²) < 4.78 is 4.98. The second-order valence-corrected chi connectivity index (χ2v) is 4.52. The van der Waals surface area contributed by atoms with E-state index in [0.717, 1.165) is 4.90 Å². The van der Waals surface area contributed by atoms with Gasteiger partial charge < -0.3 is 9.84 Å². The van der Waals surface area contributed by atoms with Gasteiger partial charge in [0.05, 0.1) is 0 Å². The van der Waals surface area contributed by atoms with E-state index in [1.807, 2.05) is 13.8 Å². The average Bonchev–Trinajstić information content (AvgIpc) is 2.70. The largest absolute Gasteiger partial charge is 0.359 e. The minimum atomic E-state index is -0.476. The number of anilines is 1. The highest BCUT2D eigenvalue weighted by molar-refractivity contribution is 6.21. The Morgan fingerprint density at radius 2 is 2.00 bits per heavy atom. The number of aryl methyl sites for hydroxylation is 2. The van der Waals surface area contributed by atoms with Crippen LogP contribution in [0.25, 0.3) is 0 Å². The number of hydrogen-bond acceptors (Lipinski definition) is 4. The van der Waals surface area contributed by atoms with Crippen molar-refractivity contribution >= 4 is 17.6 Å². The van der Waals surface area contributed by atoms with Crippen LogP contribution in [-0.2, 0) is 4.79 Å². The first kappa shape index (κ1) is 11.6. The Balaban J connectivity index is 2.41. The maximum absolute atomic E-state index is 12.1. The standard InChI is InChI=1S/C11H15N3O3/c1-5(2)8-10(15)14(11(16)12-8)9-6(3)13-17-7(9)4/h5,8H,1-4H3,(H,12,16). The molecule has 0 saturated carbocycles. The predicted octanol–water partition coefficient (Wildman–Crippen LogP) is 1.37. The molecule has 2 heterocycles. The van der Waals surface area contributed by atoms with Gasteiger partial charge in [-0.3, -0.25) is 4.79 Å². The molecule has 1 atom stereocenters. The van der Waals surface area contributed by atoms with Gasteiger partial charge >= 0.3 is 6.03 Å². The third-order valence-electron chi connectivity index (χ3n) is 2.85. The molecule has 0 aliphatic carbocycles. The second-order valence-electron chi connectivity index (χ2n) is 4.52. The molecule has 6 heteroatoms. The van der Waals surface area contributed by atoms with Gasteiger partial charge in [0.15, 0.2) is 5.76 Å². The van der Waals surface area contributed by atoms with E-state index in [4.69, 9.17) is 4.52 Å². The summed E-state index contributed by atoms with van der Waals surface area (Å²) in [5, 5.41) is 6.41. The van der Waals surface area contributed by atoms with E-state index in [-0.39, 0.29) is 11.8 Å². The third kappa shape index (κ3) is 1.69. The summed E-state index contributed by atoms with van der Waals surface area (Å²) in [6, 6.07) is -0.890. The van der Waals surface area contributed by atoms with E-state index in [0.29, 0.717) is 17.1 Å². The quantitative estimate of drug-likeness (QED) is 0.788. The van der Waals surface area contributed by atoms with Gasteiger partial charge in [-0.1, -0.05) is 19.0 Å². The molecule has 92 valence electrons. The van der Waals surface area contributed by atoms with E-state index in [9.17, 15) is 9.59 Å². The summed E-state index contributed by atoms with van der Waals surface area (Å²) in [6.45, 7) is 7.16. The van der Waals surface area contributed by atoms with Crippen molar-refractivity contribution in [2.45, 2.75) is 33.7 Å². The Labute approximate surface area is 98.9 Å². The maximum atomic E-state index is 12.1. The molecule has 1 aromatic heterocycles. The number of nitrogens with zero attached hydrogens (tertiary/aromatic N) is 2. The van der Waals surface area contributed by atoms with Crippen molar-refractivity contribution < 1.29 is 14.1 Å². The lowest BCUT2D eigenvalue weighted by atomic mass is 10.0. The van der Waals surface area contributed by atoms with Gasteiger partial charge in [0.2, 0.25) is 0 Å². The van der Waals surface area contributed by atoms with Crippen LogP contribution in [0, 0.1) is 19.8 Å². The number of amides is 3. The molecule has 0 radical (unpaired) electrons. The summed E-state index contributed by atoms with van der Waals surface area (Å²) in [4.78, 5) is 25.1. The summed E-state index contributed by atoms with van der Waals surface area (Å²) >= 11 is 0. The van der Waals surface area contributed by atoms with Gasteiger partial charge in [0.1, 0.15) is 17.4 Å². The molecule has 3 amide bonds. The van der Waals surface area contributed by atoms with Gasteiger partial charge in [-0.05, 0) is 19.8 Å². The fourth-order valence-electron chi connectivity index (χ4n) is 1.96. The van der Waals surface area contributed by atoms with Crippen LogP contribution >= 0.6 is 0 Å². The van der Waals surface area contributed by atoms with Crippen molar-refractivity contribution in [2.75, 3.05) is 4.90 Å². The Morgan fingerprint density at radius 1 is 1.35 bits per heavy atom. The number of carbonyl (C=O) groups excluding carboxylic acids is 2. The predicted molar refractivity (Wildman–Crippen MR) is 60.6 cm³/mol. The van der Waals surface area contributed by atoms with Crippen LogP contribution in [0.5, 0.6) is 0 Å². The Morgan fingerprint density at radius 3 is 2.41 bits per heavy atom. The Bertz CT molecular complexity index is 459. The molecule has 0 aromatic carbocycles. The first-order chi connectivity index (χ1) is 7.93. The van der Waals surface area contributed by atoms with Gasteiger partial charge in [0.25, 0.3) is 5.91 Å². The molecule has 1 aliphatic rings. The summed E-state index contributed by atoms with van der Waals surface area (Å²) in [5.74, 6) is 0.270. The van der Waals surface area contributed by atoms with Crippen molar-refractivity contribution in [3.63, 3.8) is 0 Å². The van der Waals surface area contributed by atoms with Crippen LogP contribution in [0.4, 0.5) is 10.5 Å². The normalized spacial score (nSPS) is 20.3. The lowest BCUT2D eigenvalue weighted by Crippen LogP contribution is -2.34. The van der Waals surface area contributed by atoms with Crippen LogP contribution in [0.3, 0.4) is 0 Å². The Hall–Kier alpha value is -1.85. The smallest absolute Gasteiger partial charge is 0.329 e. The number of rotatable bonds is 2. The van der Waals surface area contributed by atoms with E-state index >= 15 is 0 Å². The molecule has 2 rings (SSSR count). The van der Waals surface area contributed by atoms with Crippen molar-refractivity contribution in [3.05, 3.63) is 11.5 Å². The SMILES string of the molecule is Cc1noc(C)c1N1C(=O)NC(C(C)C)C1=O. The van der Waals surface area contributed by atoms with Gasteiger partial charge in [-0.2, -0.15) is 0 Å². The summed E-state index contributed by atoms with van der Waals surface area (Å²) in [7, 11) is 0. The van der Waals surface area contributed by atoms with E-state index in [1.54, 1.807) is 13.8 Å². The molecule has 1 aliphatic heterocycles. The number of nitrogens with one attached hydrogen (secondary N) is 1. The van der Waals surface area contributed by atoms with Gasteiger partial charge in [-0.25, -0.2) is 9.69 Å². The number of hydrogen-bond donors (Lipinski definition) is 1. The molecular formula is C11H15N3O3. The molecular weight excluding hydrogens is 222 g/mol. The molecule has 1 fully saturated rings. The van der Waals surface area contributed by atoms with Crippen molar-refractivity contribution in [1.82, 2.24) is 10.5 Å².